The number of amides is 2. The molecule has 0 radical (unpaired) electrons. The van der Waals surface area contributed by atoms with Crippen LogP contribution in [-0.4, -0.2) is 48.9 Å². The Morgan fingerprint density at radius 2 is 1.56 bits per heavy atom. The monoisotopic (exact) mass is 371 g/mol. The number of carbonyl (C=O) groups excluding carboxylic acids is 2. The maximum Gasteiger partial charge on any atom is 0.225 e. The molecule has 1 saturated heterocycles. The van der Waals surface area contributed by atoms with E-state index in [-0.39, 0.29) is 30.3 Å². The molecule has 0 aromatic rings. The number of rotatable bonds is 4. The molecule has 6 heteroatoms. The first kappa shape index (κ1) is 20.5. The van der Waals surface area contributed by atoms with Gasteiger partial charge in [0.15, 0.2) is 0 Å². The molecule has 3 fully saturated rings. The second-order valence-corrected chi connectivity index (χ2v) is 7.90. The Balaban J connectivity index is 0.00000225. The molecule has 5 nitrogen and oxygen atoms in total. The fourth-order valence-corrected chi connectivity index (χ4v) is 4.57. The molecule has 2 amide bonds. The van der Waals surface area contributed by atoms with E-state index in [9.17, 15) is 9.59 Å². The van der Waals surface area contributed by atoms with Crippen LogP contribution in [-0.2, 0) is 9.59 Å². The average Bonchev–Trinajstić information content (AvgIpc) is 2.63. The molecule has 25 heavy (non-hydrogen) atoms. The van der Waals surface area contributed by atoms with Crippen LogP contribution in [0.15, 0.2) is 0 Å². The molecule has 2 aliphatic carbocycles. The second-order valence-electron chi connectivity index (χ2n) is 7.90. The summed E-state index contributed by atoms with van der Waals surface area (Å²) in [6.45, 7) is 3.52. The molecule has 0 unspecified atom stereocenters. The normalized spacial score (nSPS) is 28.1. The summed E-state index contributed by atoms with van der Waals surface area (Å²) in [7, 11) is 0. The zero-order valence-electron chi connectivity index (χ0n) is 15.3. The lowest BCUT2D eigenvalue weighted by molar-refractivity contribution is -0.137. The summed E-state index contributed by atoms with van der Waals surface area (Å²) in [5.41, 5.74) is 0. The Labute approximate surface area is 158 Å². The van der Waals surface area contributed by atoms with Crippen LogP contribution >= 0.6 is 12.4 Å². The second kappa shape index (κ2) is 10.4. The lowest BCUT2D eigenvalue weighted by atomic mass is 9.84. The van der Waals surface area contributed by atoms with Crippen molar-refractivity contribution in [2.75, 3.05) is 26.2 Å². The highest BCUT2D eigenvalue weighted by Crippen LogP contribution is 2.28. The van der Waals surface area contributed by atoms with Crippen molar-refractivity contribution in [2.45, 2.75) is 70.3 Å². The van der Waals surface area contributed by atoms with Crippen LogP contribution in [0.1, 0.15) is 64.2 Å². The van der Waals surface area contributed by atoms with Gasteiger partial charge in [0.2, 0.25) is 11.8 Å². The predicted molar refractivity (Wildman–Crippen MR) is 102 cm³/mol. The van der Waals surface area contributed by atoms with Crippen molar-refractivity contribution >= 4 is 24.2 Å². The quantitative estimate of drug-likeness (QED) is 0.798. The summed E-state index contributed by atoms with van der Waals surface area (Å²) in [5.74, 6) is 1.35. The van der Waals surface area contributed by atoms with Crippen molar-refractivity contribution in [1.82, 2.24) is 15.5 Å². The van der Waals surface area contributed by atoms with E-state index in [2.05, 4.69) is 10.6 Å². The molecular formula is C19H34ClN3O2. The largest absolute Gasteiger partial charge is 0.353 e. The Hall–Kier alpha value is -0.810. The van der Waals surface area contributed by atoms with E-state index in [1.807, 2.05) is 4.90 Å². The number of nitrogens with zero attached hydrogens (tertiary/aromatic N) is 1. The highest BCUT2D eigenvalue weighted by Gasteiger charge is 2.30. The lowest BCUT2D eigenvalue weighted by Crippen LogP contribution is -2.49. The molecule has 144 valence electrons. The average molecular weight is 372 g/mol. The van der Waals surface area contributed by atoms with Crippen LogP contribution in [0, 0.1) is 11.8 Å². The molecule has 3 aliphatic rings. The standard InChI is InChI=1S/C19H33N3O2.ClH/c23-18(14-15-4-2-1-3-5-15)21-17-8-6-16(7-9-17)19(24)22-12-10-20-11-13-22;/h15-17,20H,1-14H2,(H,21,23);1H. The zero-order valence-corrected chi connectivity index (χ0v) is 16.1. The van der Waals surface area contributed by atoms with Crippen LogP contribution < -0.4 is 10.6 Å². The first-order valence-corrected chi connectivity index (χ1v) is 10.0. The Morgan fingerprint density at radius 1 is 0.920 bits per heavy atom. The van der Waals surface area contributed by atoms with E-state index in [1.54, 1.807) is 0 Å². The Bertz CT molecular complexity index is 426. The molecule has 3 rings (SSSR count). The summed E-state index contributed by atoms with van der Waals surface area (Å²) < 4.78 is 0. The molecule has 0 spiro atoms. The Morgan fingerprint density at radius 3 is 2.20 bits per heavy atom. The van der Waals surface area contributed by atoms with Gasteiger partial charge in [-0.15, -0.1) is 12.4 Å². The van der Waals surface area contributed by atoms with Crippen LogP contribution in [0.2, 0.25) is 0 Å². The molecule has 0 atom stereocenters. The number of halogens is 1. The van der Waals surface area contributed by atoms with Gasteiger partial charge < -0.3 is 15.5 Å². The number of carbonyl (C=O) groups is 2. The minimum absolute atomic E-state index is 0. The molecule has 0 aromatic heterocycles. The van der Waals surface area contributed by atoms with Crippen molar-refractivity contribution in [3.63, 3.8) is 0 Å². The highest BCUT2D eigenvalue weighted by atomic mass is 35.5. The van der Waals surface area contributed by atoms with E-state index in [0.717, 1.165) is 51.9 Å². The highest BCUT2D eigenvalue weighted by molar-refractivity contribution is 5.85. The summed E-state index contributed by atoms with van der Waals surface area (Å²) >= 11 is 0. The molecule has 2 N–H and O–H groups in total. The Kier molecular flexibility index (Phi) is 8.50. The van der Waals surface area contributed by atoms with Gasteiger partial charge in [-0.1, -0.05) is 19.3 Å². The zero-order chi connectivity index (χ0) is 16.8. The number of nitrogens with one attached hydrogen (secondary N) is 2. The van der Waals surface area contributed by atoms with Crippen LogP contribution in [0.25, 0.3) is 0 Å². The first-order valence-electron chi connectivity index (χ1n) is 10.0. The van der Waals surface area contributed by atoms with Gasteiger partial charge in [0.1, 0.15) is 0 Å². The molecule has 0 aromatic carbocycles. The van der Waals surface area contributed by atoms with E-state index in [0.29, 0.717) is 18.2 Å². The van der Waals surface area contributed by atoms with Crippen molar-refractivity contribution in [3.8, 4) is 0 Å². The van der Waals surface area contributed by atoms with Gasteiger partial charge in [-0.05, 0) is 44.4 Å². The van der Waals surface area contributed by atoms with Gasteiger partial charge in [0.25, 0.3) is 0 Å². The van der Waals surface area contributed by atoms with Gasteiger partial charge in [-0.25, -0.2) is 0 Å². The summed E-state index contributed by atoms with van der Waals surface area (Å²) in [6.07, 6.45) is 10.8. The molecule has 1 aliphatic heterocycles. The van der Waals surface area contributed by atoms with Gasteiger partial charge >= 0.3 is 0 Å². The fraction of sp³-hybridized carbons (Fsp3) is 0.895. The minimum atomic E-state index is 0. The van der Waals surface area contributed by atoms with E-state index >= 15 is 0 Å². The topological polar surface area (TPSA) is 61.4 Å². The molecular weight excluding hydrogens is 338 g/mol. The van der Waals surface area contributed by atoms with Crippen LogP contribution in [0.3, 0.4) is 0 Å². The maximum absolute atomic E-state index is 12.6. The van der Waals surface area contributed by atoms with Gasteiger partial charge in [0.05, 0.1) is 0 Å². The third-order valence-electron chi connectivity index (χ3n) is 6.07. The molecule has 0 bridgehead atoms. The minimum Gasteiger partial charge on any atom is -0.353 e. The van der Waals surface area contributed by atoms with Gasteiger partial charge in [0, 0.05) is 44.6 Å². The molecule has 2 saturated carbocycles. The summed E-state index contributed by atoms with van der Waals surface area (Å²) in [6, 6.07) is 0.285. The van der Waals surface area contributed by atoms with E-state index in [1.165, 1.54) is 32.1 Å². The van der Waals surface area contributed by atoms with Crippen molar-refractivity contribution in [1.29, 1.82) is 0 Å². The lowest BCUT2D eigenvalue weighted by Gasteiger charge is -2.34. The third-order valence-corrected chi connectivity index (χ3v) is 6.07. The summed E-state index contributed by atoms with van der Waals surface area (Å²) in [4.78, 5) is 26.8. The number of hydrogen-bond acceptors (Lipinski definition) is 3. The van der Waals surface area contributed by atoms with Gasteiger partial charge in [-0.2, -0.15) is 0 Å². The van der Waals surface area contributed by atoms with E-state index < -0.39 is 0 Å². The summed E-state index contributed by atoms with van der Waals surface area (Å²) in [5, 5.41) is 6.52. The molecule has 1 heterocycles. The van der Waals surface area contributed by atoms with Crippen LogP contribution in [0.5, 0.6) is 0 Å². The van der Waals surface area contributed by atoms with E-state index in [4.69, 9.17) is 0 Å². The smallest absolute Gasteiger partial charge is 0.225 e. The SMILES string of the molecule is Cl.O=C(CC1CCCCC1)NC1CCC(C(=O)N2CCNCC2)CC1. The fourth-order valence-electron chi connectivity index (χ4n) is 4.57. The number of hydrogen-bond donors (Lipinski definition) is 2. The van der Waals surface area contributed by atoms with Gasteiger partial charge in [-0.3, -0.25) is 9.59 Å². The van der Waals surface area contributed by atoms with Crippen molar-refractivity contribution < 1.29 is 9.59 Å². The maximum atomic E-state index is 12.6. The predicted octanol–water partition coefficient (Wildman–Crippen LogP) is 2.49. The van der Waals surface area contributed by atoms with Crippen molar-refractivity contribution in [2.24, 2.45) is 11.8 Å². The number of piperazine rings is 1. The first-order chi connectivity index (χ1) is 11.7. The third kappa shape index (κ3) is 6.14. The van der Waals surface area contributed by atoms with Crippen molar-refractivity contribution in [3.05, 3.63) is 0 Å². The van der Waals surface area contributed by atoms with Crippen LogP contribution in [0.4, 0.5) is 0 Å².